The standard InChI is InChI=1S/C39H32O6/c1-3-37(40)44-22-20-42-31-16-14-30(15-17-31)39(29-12-6-5-7-13-29)35-19-18-32(43-21-23-45-38(41)4-2)26-34(35)33-24-27-10-8-9-11-28(27)25-36(33)39/h3-19,24-26H,1-2,20-23H2. The van der Waals surface area contributed by atoms with Crippen molar-refractivity contribution in [3.63, 3.8) is 0 Å². The van der Waals surface area contributed by atoms with Gasteiger partial charge in [-0.05, 0) is 80.6 Å². The highest BCUT2D eigenvalue weighted by atomic mass is 16.6. The lowest BCUT2D eigenvalue weighted by atomic mass is 9.67. The van der Waals surface area contributed by atoms with Crippen molar-refractivity contribution in [3.05, 3.63) is 157 Å². The van der Waals surface area contributed by atoms with Crippen LogP contribution in [0.1, 0.15) is 22.3 Å². The summed E-state index contributed by atoms with van der Waals surface area (Å²) >= 11 is 0. The molecule has 5 aromatic rings. The molecule has 0 radical (unpaired) electrons. The summed E-state index contributed by atoms with van der Waals surface area (Å²) in [5.74, 6) is 0.407. The number of carbonyl (C=O) groups excluding carboxylic acids is 2. The molecule has 0 fully saturated rings. The summed E-state index contributed by atoms with van der Waals surface area (Å²) in [6, 6.07) is 37.7. The third kappa shape index (κ3) is 5.70. The fraction of sp³-hybridized carbons (Fsp3) is 0.128. The molecule has 0 saturated heterocycles. The van der Waals surface area contributed by atoms with Crippen molar-refractivity contribution < 1.29 is 28.5 Å². The molecular weight excluding hydrogens is 564 g/mol. The highest BCUT2D eigenvalue weighted by Crippen LogP contribution is 2.57. The molecule has 0 spiro atoms. The second-order valence-electron chi connectivity index (χ2n) is 10.5. The predicted octanol–water partition coefficient (Wildman–Crippen LogP) is 7.42. The van der Waals surface area contributed by atoms with Crippen molar-refractivity contribution in [2.45, 2.75) is 5.41 Å². The maximum Gasteiger partial charge on any atom is 0.330 e. The van der Waals surface area contributed by atoms with E-state index in [1.165, 1.54) is 5.56 Å². The molecule has 6 heteroatoms. The molecule has 1 unspecified atom stereocenters. The highest BCUT2D eigenvalue weighted by molar-refractivity contribution is 5.96. The zero-order valence-electron chi connectivity index (χ0n) is 24.7. The average Bonchev–Trinajstić information content (AvgIpc) is 3.37. The normalized spacial score (nSPS) is 14.6. The Kier molecular flexibility index (Phi) is 8.47. The zero-order chi connectivity index (χ0) is 31.2. The zero-order valence-corrected chi connectivity index (χ0v) is 24.7. The van der Waals surface area contributed by atoms with Gasteiger partial charge in [-0.25, -0.2) is 9.59 Å². The lowest BCUT2D eigenvalue weighted by Gasteiger charge is -2.34. The minimum atomic E-state index is -0.619. The number of carbonyl (C=O) groups is 2. The molecule has 0 aliphatic heterocycles. The van der Waals surface area contributed by atoms with Gasteiger partial charge in [-0.15, -0.1) is 0 Å². The van der Waals surface area contributed by atoms with Gasteiger partial charge < -0.3 is 18.9 Å². The number of esters is 2. The summed E-state index contributed by atoms with van der Waals surface area (Å²) in [5.41, 5.74) is 6.10. The summed E-state index contributed by atoms with van der Waals surface area (Å²) in [5, 5.41) is 2.30. The molecule has 0 heterocycles. The van der Waals surface area contributed by atoms with Crippen molar-refractivity contribution in [2.24, 2.45) is 0 Å². The van der Waals surface area contributed by atoms with Gasteiger partial charge in [0.25, 0.3) is 0 Å². The van der Waals surface area contributed by atoms with E-state index in [0.717, 1.165) is 50.7 Å². The van der Waals surface area contributed by atoms with Gasteiger partial charge in [0.1, 0.15) is 37.9 Å². The van der Waals surface area contributed by atoms with E-state index in [-0.39, 0.29) is 26.4 Å². The Balaban J connectivity index is 1.45. The van der Waals surface area contributed by atoms with E-state index >= 15 is 0 Å². The average molecular weight is 597 g/mol. The molecule has 0 saturated carbocycles. The van der Waals surface area contributed by atoms with E-state index in [1.54, 1.807) is 0 Å². The Morgan fingerprint density at radius 1 is 0.556 bits per heavy atom. The topological polar surface area (TPSA) is 71.1 Å². The predicted molar refractivity (Wildman–Crippen MR) is 175 cm³/mol. The first-order valence-electron chi connectivity index (χ1n) is 14.7. The van der Waals surface area contributed by atoms with Gasteiger partial charge in [-0.3, -0.25) is 0 Å². The van der Waals surface area contributed by atoms with Crippen LogP contribution in [0.3, 0.4) is 0 Å². The Hall–Kier alpha value is -5.62. The van der Waals surface area contributed by atoms with Crippen LogP contribution in [0, 0.1) is 0 Å². The van der Waals surface area contributed by atoms with Crippen molar-refractivity contribution in [1.82, 2.24) is 0 Å². The fourth-order valence-corrected chi connectivity index (χ4v) is 6.08. The molecule has 0 aromatic heterocycles. The van der Waals surface area contributed by atoms with Crippen LogP contribution in [0.25, 0.3) is 21.9 Å². The van der Waals surface area contributed by atoms with Crippen LogP contribution in [0.4, 0.5) is 0 Å². The van der Waals surface area contributed by atoms with Crippen LogP contribution in [-0.2, 0) is 24.5 Å². The van der Waals surface area contributed by atoms with E-state index in [2.05, 4.69) is 98.1 Å². The van der Waals surface area contributed by atoms with Crippen LogP contribution in [-0.4, -0.2) is 38.4 Å². The van der Waals surface area contributed by atoms with Crippen LogP contribution in [0.5, 0.6) is 11.5 Å². The first-order valence-corrected chi connectivity index (χ1v) is 14.7. The molecule has 0 amide bonds. The summed E-state index contributed by atoms with van der Waals surface area (Å²) in [4.78, 5) is 22.8. The van der Waals surface area contributed by atoms with E-state index in [4.69, 9.17) is 18.9 Å². The molecule has 1 aliphatic rings. The summed E-state index contributed by atoms with van der Waals surface area (Å²) < 4.78 is 22.0. The second-order valence-corrected chi connectivity index (χ2v) is 10.5. The first kappa shape index (κ1) is 29.5. The maximum absolute atomic E-state index is 11.5. The molecule has 0 bridgehead atoms. The molecule has 1 atom stereocenters. The monoisotopic (exact) mass is 596 g/mol. The molecule has 5 aromatic carbocycles. The van der Waals surface area contributed by atoms with E-state index in [0.29, 0.717) is 11.5 Å². The number of ether oxygens (including phenoxy) is 4. The van der Waals surface area contributed by atoms with Gasteiger partial charge in [0.2, 0.25) is 0 Å². The van der Waals surface area contributed by atoms with E-state index in [9.17, 15) is 9.59 Å². The molecule has 6 nitrogen and oxygen atoms in total. The third-order valence-electron chi connectivity index (χ3n) is 8.00. The van der Waals surface area contributed by atoms with Gasteiger partial charge >= 0.3 is 11.9 Å². The number of hydrogen-bond acceptors (Lipinski definition) is 6. The van der Waals surface area contributed by atoms with Gasteiger partial charge in [-0.1, -0.05) is 86.0 Å². The Morgan fingerprint density at radius 3 is 1.73 bits per heavy atom. The summed E-state index contributed by atoms with van der Waals surface area (Å²) in [6.45, 7) is 7.56. The molecular formula is C39H32O6. The molecule has 45 heavy (non-hydrogen) atoms. The number of fused-ring (bicyclic) bond motifs is 4. The first-order chi connectivity index (χ1) is 22.0. The highest BCUT2D eigenvalue weighted by Gasteiger charge is 2.46. The van der Waals surface area contributed by atoms with Crippen LogP contribution < -0.4 is 9.47 Å². The smallest absolute Gasteiger partial charge is 0.330 e. The van der Waals surface area contributed by atoms with Crippen LogP contribution in [0.15, 0.2) is 135 Å². The van der Waals surface area contributed by atoms with Crippen molar-refractivity contribution in [2.75, 3.05) is 26.4 Å². The Morgan fingerprint density at radius 2 is 1.09 bits per heavy atom. The largest absolute Gasteiger partial charge is 0.490 e. The number of rotatable bonds is 12. The lowest BCUT2D eigenvalue weighted by Crippen LogP contribution is -2.28. The quantitative estimate of drug-likeness (QED) is 0.0832. The molecule has 224 valence electrons. The third-order valence-corrected chi connectivity index (χ3v) is 8.00. The van der Waals surface area contributed by atoms with Crippen molar-refractivity contribution in [3.8, 4) is 22.6 Å². The molecule has 6 rings (SSSR count). The SMILES string of the molecule is C=CC(=O)OCCOc1ccc(C2(c3ccccc3)c3ccc(OCCOC(=O)C=C)cc3-c3cc4ccccc4cc32)cc1. The minimum absolute atomic E-state index is 0.127. The summed E-state index contributed by atoms with van der Waals surface area (Å²) in [7, 11) is 0. The van der Waals surface area contributed by atoms with Gasteiger partial charge in [0.05, 0.1) is 5.41 Å². The minimum Gasteiger partial charge on any atom is -0.490 e. The maximum atomic E-state index is 11.5. The Labute approximate surface area is 262 Å². The van der Waals surface area contributed by atoms with Crippen LogP contribution in [0.2, 0.25) is 0 Å². The van der Waals surface area contributed by atoms with Crippen LogP contribution >= 0.6 is 0 Å². The molecule has 1 aliphatic carbocycles. The number of hydrogen-bond donors (Lipinski definition) is 0. The lowest BCUT2D eigenvalue weighted by molar-refractivity contribution is -0.139. The molecule has 0 N–H and O–H groups in total. The van der Waals surface area contributed by atoms with Gasteiger partial charge in [0, 0.05) is 12.2 Å². The van der Waals surface area contributed by atoms with Crippen molar-refractivity contribution >= 4 is 22.7 Å². The summed E-state index contributed by atoms with van der Waals surface area (Å²) in [6.07, 6.45) is 2.27. The van der Waals surface area contributed by atoms with Gasteiger partial charge in [0.15, 0.2) is 0 Å². The van der Waals surface area contributed by atoms with E-state index in [1.807, 2.05) is 24.3 Å². The second kappa shape index (κ2) is 12.9. The Bertz CT molecular complexity index is 1880. The van der Waals surface area contributed by atoms with Gasteiger partial charge in [-0.2, -0.15) is 0 Å². The van der Waals surface area contributed by atoms with Crippen molar-refractivity contribution in [1.29, 1.82) is 0 Å². The fourth-order valence-electron chi connectivity index (χ4n) is 6.08. The van der Waals surface area contributed by atoms with E-state index < -0.39 is 17.4 Å². The number of benzene rings is 5.